The van der Waals surface area contributed by atoms with Crippen LogP contribution in [0, 0.1) is 5.82 Å². The molecule has 1 aliphatic rings. The van der Waals surface area contributed by atoms with Crippen molar-refractivity contribution in [1.82, 2.24) is 14.8 Å². The molecule has 0 saturated heterocycles. The van der Waals surface area contributed by atoms with Crippen molar-refractivity contribution in [2.45, 2.75) is 21.5 Å². The van der Waals surface area contributed by atoms with E-state index in [0.29, 0.717) is 23.1 Å². The predicted molar refractivity (Wildman–Crippen MR) is 130 cm³/mol. The molecule has 0 N–H and O–H groups in total. The first-order valence-corrected chi connectivity index (χ1v) is 12.1. The smallest absolute Gasteiger partial charge is 0.242 e. The molecule has 5 rings (SSSR count). The molecule has 0 saturated carbocycles. The summed E-state index contributed by atoms with van der Waals surface area (Å²) in [6.07, 6.45) is 1.70. The van der Waals surface area contributed by atoms with Gasteiger partial charge in [-0.3, -0.25) is 14.3 Å². The Morgan fingerprint density at radius 2 is 1.61 bits per heavy atom. The van der Waals surface area contributed by atoms with Crippen molar-refractivity contribution in [3.05, 3.63) is 91.3 Å². The largest absolute Gasteiger partial charge is 0.298 e. The van der Waals surface area contributed by atoms with Gasteiger partial charge in [-0.15, -0.1) is 16.8 Å². The van der Waals surface area contributed by atoms with Crippen LogP contribution in [0.15, 0.2) is 100 Å². The zero-order valence-corrected chi connectivity index (χ0v) is 19.2. The predicted octanol–water partition coefficient (Wildman–Crippen LogP) is 6.19. The highest BCUT2D eigenvalue weighted by Crippen LogP contribution is 2.48. The molecule has 3 aromatic carbocycles. The lowest BCUT2D eigenvalue weighted by molar-refractivity contribution is -0.115. The van der Waals surface area contributed by atoms with Crippen molar-refractivity contribution in [3.8, 4) is 11.4 Å². The number of hydrogen-bond donors (Lipinski definition) is 0. The molecular formula is C25H19FN4OS2. The number of carbonyl (C=O) groups is 1. The van der Waals surface area contributed by atoms with Gasteiger partial charge in [0.15, 0.2) is 11.0 Å². The third kappa shape index (κ3) is 4.07. The normalized spacial score (nSPS) is 12.2. The van der Waals surface area contributed by atoms with Crippen molar-refractivity contribution in [2.75, 3.05) is 10.7 Å². The molecule has 0 radical (unpaired) electrons. The lowest BCUT2D eigenvalue weighted by Crippen LogP contribution is -2.30. The number of fused-ring (bicyclic) bond motifs is 2. The van der Waals surface area contributed by atoms with E-state index in [1.54, 1.807) is 45.5 Å². The van der Waals surface area contributed by atoms with Crippen LogP contribution in [-0.4, -0.2) is 26.4 Å². The molecule has 33 heavy (non-hydrogen) atoms. The number of para-hydroxylation sites is 2. The minimum absolute atomic E-state index is 0.0687. The van der Waals surface area contributed by atoms with Gasteiger partial charge in [0.1, 0.15) is 5.82 Å². The van der Waals surface area contributed by atoms with Crippen molar-refractivity contribution in [2.24, 2.45) is 0 Å². The Hall–Kier alpha value is -3.36. The molecule has 0 aliphatic carbocycles. The average Bonchev–Trinajstić information content (AvgIpc) is 3.23. The third-order valence-corrected chi connectivity index (χ3v) is 7.23. The van der Waals surface area contributed by atoms with E-state index in [4.69, 9.17) is 0 Å². The van der Waals surface area contributed by atoms with Crippen LogP contribution in [0.5, 0.6) is 0 Å². The van der Waals surface area contributed by atoms with E-state index in [2.05, 4.69) is 16.8 Å². The van der Waals surface area contributed by atoms with E-state index < -0.39 is 0 Å². The van der Waals surface area contributed by atoms with Gasteiger partial charge in [0, 0.05) is 16.3 Å². The molecule has 0 atom stereocenters. The van der Waals surface area contributed by atoms with Crippen molar-refractivity contribution in [1.29, 1.82) is 0 Å². The summed E-state index contributed by atoms with van der Waals surface area (Å²) in [6, 6.07) is 22.2. The second-order valence-electron chi connectivity index (χ2n) is 7.24. The molecule has 1 aliphatic heterocycles. The van der Waals surface area contributed by atoms with Gasteiger partial charge in [-0.1, -0.05) is 66.0 Å². The number of thioether (sulfide) groups is 1. The van der Waals surface area contributed by atoms with Crippen molar-refractivity contribution in [3.63, 3.8) is 0 Å². The summed E-state index contributed by atoms with van der Waals surface area (Å²) in [5.74, 6) is 0.121. The van der Waals surface area contributed by atoms with E-state index in [-0.39, 0.29) is 17.5 Å². The first-order chi connectivity index (χ1) is 16.2. The number of allylic oxidation sites excluding steroid dienone is 1. The molecular weight excluding hydrogens is 455 g/mol. The molecule has 4 aromatic rings. The molecule has 5 nitrogen and oxygen atoms in total. The van der Waals surface area contributed by atoms with Gasteiger partial charge in [-0.2, -0.15) is 0 Å². The van der Waals surface area contributed by atoms with Crippen LogP contribution < -0.4 is 4.90 Å². The molecule has 1 amide bonds. The zero-order chi connectivity index (χ0) is 22.8. The minimum atomic E-state index is -0.373. The van der Waals surface area contributed by atoms with Gasteiger partial charge >= 0.3 is 0 Å². The van der Waals surface area contributed by atoms with Gasteiger partial charge in [-0.25, -0.2) is 4.39 Å². The topological polar surface area (TPSA) is 51.0 Å². The number of nitrogens with zero attached hydrogens (tertiary/aromatic N) is 4. The summed E-state index contributed by atoms with van der Waals surface area (Å²) in [7, 11) is 0. The highest BCUT2D eigenvalue weighted by atomic mass is 32.2. The number of aromatic nitrogens is 3. The summed E-state index contributed by atoms with van der Waals surface area (Å²) >= 11 is 2.94. The van der Waals surface area contributed by atoms with Crippen LogP contribution in [0.25, 0.3) is 11.4 Å². The first-order valence-electron chi connectivity index (χ1n) is 10.3. The SMILES string of the molecule is C=CCn1c(SCC(=O)N2c3ccccc3Sc3ccccc32)nnc1-c1ccccc1F. The lowest BCUT2D eigenvalue weighted by Gasteiger charge is -2.30. The van der Waals surface area contributed by atoms with Crippen LogP contribution in [-0.2, 0) is 11.3 Å². The Morgan fingerprint density at radius 3 is 2.27 bits per heavy atom. The summed E-state index contributed by atoms with van der Waals surface area (Å²) in [5.41, 5.74) is 2.10. The minimum Gasteiger partial charge on any atom is -0.298 e. The second kappa shape index (κ2) is 9.25. The molecule has 1 aromatic heterocycles. The summed E-state index contributed by atoms with van der Waals surface area (Å²) in [5, 5.41) is 8.99. The van der Waals surface area contributed by atoms with Gasteiger partial charge in [0.2, 0.25) is 5.91 Å². The number of rotatable bonds is 6. The molecule has 0 fully saturated rings. The highest BCUT2D eigenvalue weighted by Gasteiger charge is 2.28. The maximum atomic E-state index is 14.4. The molecule has 8 heteroatoms. The maximum Gasteiger partial charge on any atom is 0.242 e. The van der Waals surface area contributed by atoms with E-state index in [1.807, 2.05) is 48.5 Å². The van der Waals surface area contributed by atoms with Crippen LogP contribution in [0.1, 0.15) is 0 Å². The maximum absolute atomic E-state index is 14.4. The monoisotopic (exact) mass is 474 g/mol. The first kappa shape index (κ1) is 21.5. The van der Waals surface area contributed by atoms with E-state index >= 15 is 0 Å². The quantitative estimate of drug-likeness (QED) is 0.246. The fourth-order valence-electron chi connectivity index (χ4n) is 3.70. The van der Waals surface area contributed by atoms with Gasteiger partial charge in [0.05, 0.1) is 22.7 Å². The van der Waals surface area contributed by atoms with Crippen LogP contribution in [0.4, 0.5) is 15.8 Å². The number of carbonyl (C=O) groups excluding carboxylic acids is 1. The zero-order valence-electron chi connectivity index (χ0n) is 17.5. The fourth-order valence-corrected chi connectivity index (χ4v) is 5.55. The highest BCUT2D eigenvalue weighted by molar-refractivity contribution is 8.00. The fraction of sp³-hybridized carbons (Fsp3) is 0.0800. The van der Waals surface area contributed by atoms with Crippen molar-refractivity contribution < 1.29 is 9.18 Å². The third-order valence-electron chi connectivity index (χ3n) is 5.15. The Bertz CT molecular complexity index is 1310. The van der Waals surface area contributed by atoms with Crippen LogP contribution in [0.3, 0.4) is 0 Å². The van der Waals surface area contributed by atoms with Gasteiger partial charge < -0.3 is 0 Å². The lowest BCUT2D eigenvalue weighted by atomic mass is 10.2. The molecule has 2 heterocycles. The second-order valence-corrected chi connectivity index (χ2v) is 9.27. The van der Waals surface area contributed by atoms with Gasteiger partial charge in [0.25, 0.3) is 0 Å². The van der Waals surface area contributed by atoms with Crippen LogP contribution >= 0.6 is 23.5 Å². The number of hydrogen-bond acceptors (Lipinski definition) is 5. The number of amides is 1. The summed E-state index contributed by atoms with van der Waals surface area (Å²) < 4.78 is 16.1. The van der Waals surface area contributed by atoms with Crippen LogP contribution in [0.2, 0.25) is 0 Å². The Morgan fingerprint density at radius 1 is 0.970 bits per heavy atom. The molecule has 0 unspecified atom stereocenters. The van der Waals surface area contributed by atoms with Gasteiger partial charge in [-0.05, 0) is 36.4 Å². The number of benzene rings is 3. The molecule has 0 bridgehead atoms. The number of anilines is 2. The standard InChI is InChI=1S/C25H19FN4OS2/c1-2-15-29-24(17-9-3-4-10-18(17)26)27-28-25(29)32-16-23(31)30-19-11-5-7-13-21(19)33-22-14-8-6-12-20(22)30/h2-14H,1,15-16H2. The Labute approximate surface area is 199 Å². The van der Waals surface area contributed by atoms with E-state index in [9.17, 15) is 9.18 Å². The number of halogens is 1. The molecule has 164 valence electrons. The van der Waals surface area contributed by atoms with E-state index in [0.717, 1.165) is 21.2 Å². The Kier molecular flexibility index (Phi) is 6.02. The van der Waals surface area contributed by atoms with E-state index in [1.165, 1.54) is 17.8 Å². The van der Waals surface area contributed by atoms with Crippen molar-refractivity contribution >= 4 is 40.8 Å². The average molecular weight is 475 g/mol. The summed E-state index contributed by atoms with van der Waals surface area (Å²) in [6.45, 7) is 4.20. The molecule has 0 spiro atoms. The Balaban J connectivity index is 1.44. The summed E-state index contributed by atoms with van der Waals surface area (Å²) in [4.78, 5) is 17.3.